The second-order valence-corrected chi connectivity index (χ2v) is 5.06. The molecule has 0 amide bonds. The lowest BCUT2D eigenvalue weighted by molar-refractivity contribution is 0.0655. The van der Waals surface area contributed by atoms with Gasteiger partial charge in [-0.25, -0.2) is 0 Å². The molecule has 2 aliphatic rings. The SMILES string of the molecule is Brc1c2c(nn1C1CCOCC1)CCOC2. The first-order valence-electron chi connectivity index (χ1n) is 5.77. The normalized spacial score (nSPS) is 22.1. The summed E-state index contributed by atoms with van der Waals surface area (Å²) in [6.07, 6.45) is 3.05. The summed E-state index contributed by atoms with van der Waals surface area (Å²) in [7, 11) is 0. The topological polar surface area (TPSA) is 36.3 Å². The fourth-order valence-corrected chi connectivity index (χ4v) is 3.06. The predicted octanol–water partition coefficient (Wildman–Crippen LogP) is 2.07. The fourth-order valence-electron chi connectivity index (χ4n) is 2.35. The van der Waals surface area contributed by atoms with Gasteiger partial charge in [-0.15, -0.1) is 0 Å². The minimum absolute atomic E-state index is 0.480. The Balaban J connectivity index is 1.91. The first-order valence-corrected chi connectivity index (χ1v) is 6.57. The Morgan fingerprint density at radius 3 is 2.75 bits per heavy atom. The van der Waals surface area contributed by atoms with Gasteiger partial charge in [-0.05, 0) is 28.8 Å². The summed E-state index contributed by atoms with van der Waals surface area (Å²) in [4.78, 5) is 0. The van der Waals surface area contributed by atoms with Crippen LogP contribution in [0.2, 0.25) is 0 Å². The maximum atomic E-state index is 5.47. The predicted molar refractivity (Wildman–Crippen MR) is 62.4 cm³/mol. The van der Waals surface area contributed by atoms with E-state index in [0.29, 0.717) is 12.6 Å². The summed E-state index contributed by atoms with van der Waals surface area (Å²) < 4.78 is 14.1. The number of hydrogen-bond acceptors (Lipinski definition) is 3. The van der Waals surface area contributed by atoms with Crippen LogP contribution in [0.15, 0.2) is 4.60 Å². The second-order valence-electron chi connectivity index (χ2n) is 4.31. The number of hydrogen-bond donors (Lipinski definition) is 0. The third-order valence-corrected chi connectivity index (χ3v) is 4.14. The van der Waals surface area contributed by atoms with E-state index in [1.165, 1.54) is 11.3 Å². The number of ether oxygens (including phenoxy) is 2. The van der Waals surface area contributed by atoms with E-state index in [4.69, 9.17) is 14.6 Å². The van der Waals surface area contributed by atoms with E-state index in [2.05, 4.69) is 20.6 Å². The average molecular weight is 287 g/mol. The van der Waals surface area contributed by atoms with Crippen molar-refractivity contribution in [3.8, 4) is 0 Å². The molecule has 1 saturated heterocycles. The van der Waals surface area contributed by atoms with Crippen molar-refractivity contribution in [2.75, 3.05) is 19.8 Å². The molecule has 0 spiro atoms. The molecule has 4 nitrogen and oxygen atoms in total. The quantitative estimate of drug-likeness (QED) is 0.793. The largest absolute Gasteiger partial charge is 0.381 e. The Kier molecular flexibility index (Phi) is 3.00. The van der Waals surface area contributed by atoms with Crippen molar-refractivity contribution in [1.29, 1.82) is 0 Å². The van der Waals surface area contributed by atoms with Gasteiger partial charge in [0.1, 0.15) is 4.60 Å². The van der Waals surface area contributed by atoms with Crippen molar-refractivity contribution in [2.24, 2.45) is 0 Å². The zero-order valence-electron chi connectivity index (χ0n) is 9.12. The number of rotatable bonds is 1. The molecular formula is C11H15BrN2O2. The van der Waals surface area contributed by atoms with Crippen molar-refractivity contribution >= 4 is 15.9 Å². The van der Waals surface area contributed by atoms with Crippen molar-refractivity contribution in [2.45, 2.75) is 31.9 Å². The molecule has 0 atom stereocenters. The van der Waals surface area contributed by atoms with Crippen molar-refractivity contribution in [3.05, 3.63) is 15.9 Å². The molecule has 2 aliphatic heterocycles. The van der Waals surface area contributed by atoms with Crippen LogP contribution in [0, 0.1) is 0 Å². The summed E-state index contributed by atoms with van der Waals surface area (Å²) in [5, 5.41) is 4.71. The molecule has 0 aliphatic carbocycles. The summed E-state index contributed by atoms with van der Waals surface area (Å²) in [5.41, 5.74) is 2.43. The van der Waals surface area contributed by atoms with E-state index in [0.717, 1.165) is 43.7 Å². The number of fused-ring (bicyclic) bond motifs is 1. The molecule has 0 radical (unpaired) electrons. The van der Waals surface area contributed by atoms with Crippen LogP contribution in [0.5, 0.6) is 0 Å². The van der Waals surface area contributed by atoms with Crippen LogP contribution in [0.25, 0.3) is 0 Å². The molecule has 0 N–H and O–H groups in total. The zero-order valence-corrected chi connectivity index (χ0v) is 10.7. The van der Waals surface area contributed by atoms with Crippen LogP contribution < -0.4 is 0 Å². The third kappa shape index (κ3) is 1.81. The number of halogens is 1. The monoisotopic (exact) mass is 286 g/mol. The highest BCUT2D eigenvalue weighted by molar-refractivity contribution is 9.10. The van der Waals surface area contributed by atoms with Gasteiger partial charge in [0.2, 0.25) is 0 Å². The highest BCUT2D eigenvalue weighted by Crippen LogP contribution is 2.31. The highest BCUT2D eigenvalue weighted by atomic mass is 79.9. The van der Waals surface area contributed by atoms with Crippen molar-refractivity contribution in [1.82, 2.24) is 9.78 Å². The summed E-state index contributed by atoms with van der Waals surface area (Å²) in [5.74, 6) is 0. The summed E-state index contributed by atoms with van der Waals surface area (Å²) in [6.45, 7) is 3.18. The minimum atomic E-state index is 0.480. The number of aromatic nitrogens is 2. The van der Waals surface area contributed by atoms with Crippen LogP contribution >= 0.6 is 15.9 Å². The molecule has 3 rings (SSSR count). The minimum Gasteiger partial charge on any atom is -0.381 e. The molecule has 3 heterocycles. The van der Waals surface area contributed by atoms with E-state index in [1.54, 1.807) is 0 Å². The van der Waals surface area contributed by atoms with Gasteiger partial charge in [0.25, 0.3) is 0 Å². The van der Waals surface area contributed by atoms with Gasteiger partial charge in [0.05, 0.1) is 24.9 Å². The molecule has 0 aromatic carbocycles. The number of nitrogens with zero attached hydrogens (tertiary/aromatic N) is 2. The van der Waals surface area contributed by atoms with Gasteiger partial charge in [-0.2, -0.15) is 5.10 Å². The van der Waals surface area contributed by atoms with E-state index >= 15 is 0 Å². The van der Waals surface area contributed by atoms with Crippen molar-refractivity contribution in [3.63, 3.8) is 0 Å². The molecule has 88 valence electrons. The average Bonchev–Trinajstić information content (AvgIpc) is 2.69. The van der Waals surface area contributed by atoms with Crippen LogP contribution in [-0.2, 0) is 22.5 Å². The maximum absolute atomic E-state index is 5.47. The molecule has 1 aromatic rings. The lowest BCUT2D eigenvalue weighted by Crippen LogP contribution is -2.20. The molecule has 5 heteroatoms. The van der Waals surface area contributed by atoms with Crippen LogP contribution in [-0.4, -0.2) is 29.6 Å². The van der Waals surface area contributed by atoms with Gasteiger partial charge >= 0.3 is 0 Å². The van der Waals surface area contributed by atoms with Gasteiger partial charge in [0, 0.05) is 25.2 Å². The molecular weight excluding hydrogens is 272 g/mol. The standard InChI is InChI=1S/C11H15BrN2O2/c12-11-9-7-16-6-3-10(9)13-14(11)8-1-4-15-5-2-8/h8H,1-7H2. The molecule has 1 fully saturated rings. The van der Waals surface area contributed by atoms with Crippen LogP contribution in [0.1, 0.15) is 30.1 Å². The molecule has 0 saturated carbocycles. The van der Waals surface area contributed by atoms with Gasteiger partial charge < -0.3 is 9.47 Å². The zero-order chi connectivity index (χ0) is 11.0. The molecule has 16 heavy (non-hydrogen) atoms. The molecule has 0 bridgehead atoms. The second kappa shape index (κ2) is 4.47. The lowest BCUT2D eigenvalue weighted by atomic mass is 10.1. The first kappa shape index (κ1) is 10.7. The Morgan fingerprint density at radius 2 is 2.00 bits per heavy atom. The smallest absolute Gasteiger partial charge is 0.110 e. The lowest BCUT2D eigenvalue weighted by Gasteiger charge is -2.23. The van der Waals surface area contributed by atoms with Gasteiger partial charge in [0.15, 0.2) is 0 Å². The summed E-state index contributed by atoms with van der Waals surface area (Å²) >= 11 is 3.65. The Hall–Kier alpha value is -0.390. The van der Waals surface area contributed by atoms with Crippen LogP contribution in [0.4, 0.5) is 0 Å². The first-order chi connectivity index (χ1) is 7.86. The van der Waals surface area contributed by atoms with E-state index in [9.17, 15) is 0 Å². The van der Waals surface area contributed by atoms with Crippen molar-refractivity contribution < 1.29 is 9.47 Å². The fraction of sp³-hybridized carbons (Fsp3) is 0.727. The molecule has 0 unspecified atom stereocenters. The van der Waals surface area contributed by atoms with Gasteiger partial charge in [-0.3, -0.25) is 4.68 Å². The van der Waals surface area contributed by atoms with E-state index in [-0.39, 0.29) is 0 Å². The Bertz CT molecular complexity index is 386. The third-order valence-electron chi connectivity index (χ3n) is 3.29. The van der Waals surface area contributed by atoms with E-state index in [1.807, 2.05) is 0 Å². The Labute approximate surface area is 103 Å². The summed E-state index contributed by atoms with van der Waals surface area (Å²) in [6, 6.07) is 0.480. The van der Waals surface area contributed by atoms with E-state index < -0.39 is 0 Å². The highest BCUT2D eigenvalue weighted by Gasteiger charge is 2.24. The van der Waals surface area contributed by atoms with Crippen LogP contribution in [0.3, 0.4) is 0 Å². The van der Waals surface area contributed by atoms with Gasteiger partial charge in [-0.1, -0.05) is 0 Å². The Morgan fingerprint density at radius 1 is 1.19 bits per heavy atom. The molecule has 1 aromatic heterocycles. The maximum Gasteiger partial charge on any atom is 0.110 e.